The van der Waals surface area contributed by atoms with Crippen LogP contribution < -0.4 is 5.56 Å². The summed E-state index contributed by atoms with van der Waals surface area (Å²) in [5, 5.41) is 24.5. The van der Waals surface area contributed by atoms with Crippen LogP contribution in [0.1, 0.15) is 22.2 Å². The molecule has 0 fully saturated rings. The van der Waals surface area contributed by atoms with Crippen molar-refractivity contribution in [2.75, 3.05) is 0 Å². The third kappa shape index (κ3) is 2.79. The number of aromatic amines is 1. The highest BCUT2D eigenvalue weighted by Gasteiger charge is 2.22. The molecule has 6 rings (SSSR count). The summed E-state index contributed by atoms with van der Waals surface area (Å²) in [5.74, 6) is 0. The van der Waals surface area contributed by atoms with E-state index in [0.29, 0.717) is 22.7 Å². The number of H-pyrrole nitrogens is 1. The maximum absolute atomic E-state index is 13.3. The highest BCUT2D eigenvalue weighted by Crippen LogP contribution is 2.35. The minimum atomic E-state index is -0.813. The molecule has 6 aromatic rings. The molecule has 4 aromatic heterocycles. The van der Waals surface area contributed by atoms with Gasteiger partial charge in [0.1, 0.15) is 16.6 Å². The molecule has 32 heavy (non-hydrogen) atoms. The number of aromatic nitrogens is 6. The molecule has 158 valence electrons. The van der Waals surface area contributed by atoms with Gasteiger partial charge in [-0.1, -0.05) is 42.5 Å². The minimum Gasteiger partial charge on any atom is -0.381 e. The standard InChI is InChI=1S/C23H18N6O2S/c1-28-18-16(20-21(28)26-22(32-20)19(30)13-6-3-2-4-7-13)11-25-29(23(18)31)12-14-8-5-9-17-15(14)10-24-27-17/h2-11,19,30H,12H2,1H3,(H,24,27). The Morgan fingerprint density at radius 1 is 1.09 bits per heavy atom. The van der Waals surface area contributed by atoms with E-state index in [2.05, 4.69) is 20.3 Å². The fourth-order valence-electron chi connectivity index (χ4n) is 4.14. The summed E-state index contributed by atoms with van der Waals surface area (Å²) in [6.45, 7) is 0.343. The number of aliphatic hydroxyl groups excluding tert-OH is 1. The van der Waals surface area contributed by atoms with Crippen molar-refractivity contribution in [1.82, 2.24) is 29.5 Å². The van der Waals surface area contributed by atoms with Crippen LogP contribution in [0.15, 0.2) is 65.7 Å². The van der Waals surface area contributed by atoms with E-state index < -0.39 is 6.10 Å². The molecule has 9 heteroatoms. The predicted molar refractivity (Wildman–Crippen MR) is 124 cm³/mol. The number of nitrogens with one attached hydrogen (secondary N) is 1. The van der Waals surface area contributed by atoms with E-state index in [1.54, 1.807) is 17.0 Å². The first-order chi connectivity index (χ1) is 15.6. The first-order valence-corrected chi connectivity index (χ1v) is 10.9. The molecule has 4 heterocycles. The average Bonchev–Trinajstić information content (AvgIpc) is 3.53. The van der Waals surface area contributed by atoms with Gasteiger partial charge in [0.25, 0.3) is 5.56 Å². The van der Waals surface area contributed by atoms with Crippen molar-refractivity contribution in [2.24, 2.45) is 7.05 Å². The molecule has 0 aliphatic carbocycles. The summed E-state index contributed by atoms with van der Waals surface area (Å²) < 4.78 is 4.11. The number of aryl methyl sites for hydroxylation is 1. The van der Waals surface area contributed by atoms with Crippen LogP contribution >= 0.6 is 11.3 Å². The maximum atomic E-state index is 13.3. The number of fused-ring (bicyclic) bond motifs is 4. The molecule has 0 bridgehead atoms. The van der Waals surface area contributed by atoms with E-state index in [-0.39, 0.29) is 5.56 Å². The molecule has 0 aliphatic heterocycles. The van der Waals surface area contributed by atoms with Crippen LogP contribution in [0.5, 0.6) is 0 Å². The quantitative estimate of drug-likeness (QED) is 0.436. The topological polar surface area (TPSA) is 102 Å². The Bertz CT molecular complexity index is 1660. The molecule has 0 saturated carbocycles. The number of benzene rings is 2. The lowest BCUT2D eigenvalue weighted by atomic mass is 10.1. The molecular weight excluding hydrogens is 424 g/mol. The second-order valence-electron chi connectivity index (χ2n) is 7.70. The Hall–Kier alpha value is -3.82. The molecule has 0 spiro atoms. The van der Waals surface area contributed by atoms with Crippen molar-refractivity contribution in [3.63, 3.8) is 0 Å². The summed E-state index contributed by atoms with van der Waals surface area (Å²) >= 11 is 1.39. The zero-order valence-corrected chi connectivity index (χ0v) is 17.9. The number of hydrogen-bond acceptors (Lipinski definition) is 6. The Morgan fingerprint density at radius 3 is 2.78 bits per heavy atom. The number of thiazole rings is 1. The van der Waals surface area contributed by atoms with Crippen molar-refractivity contribution < 1.29 is 5.11 Å². The van der Waals surface area contributed by atoms with E-state index in [9.17, 15) is 9.90 Å². The lowest BCUT2D eigenvalue weighted by molar-refractivity contribution is 0.220. The second kappa shape index (κ2) is 7.11. The largest absolute Gasteiger partial charge is 0.381 e. The number of nitrogens with zero attached hydrogens (tertiary/aromatic N) is 5. The highest BCUT2D eigenvalue weighted by atomic mass is 32.1. The number of aliphatic hydroxyl groups is 1. The molecule has 1 atom stereocenters. The molecule has 8 nitrogen and oxygen atoms in total. The fraction of sp³-hybridized carbons (Fsp3) is 0.130. The zero-order chi connectivity index (χ0) is 21.8. The van der Waals surface area contributed by atoms with Crippen LogP contribution in [-0.2, 0) is 13.6 Å². The lowest BCUT2D eigenvalue weighted by Crippen LogP contribution is -2.24. The Labute approximate surface area is 185 Å². The van der Waals surface area contributed by atoms with Gasteiger partial charge < -0.3 is 9.67 Å². The molecule has 0 aliphatic rings. The summed E-state index contributed by atoms with van der Waals surface area (Å²) in [6.07, 6.45) is 2.66. The van der Waals surface area contributed by atoms with E-state index >= 15 is 0 Å². The van der Waals surface area contributed by atoms with E-state index in [4.69, 9.17) is 0 Å². The van der Waals surface area contributed by atoms with Crippen LogP contribution in [0.25, 0.3) is 32.2 Å². The van der Waals surface area contributed by atoms with Gasteiger partial charge >= 0.3 is 0 Å². The van der Waals surface area contributed by atoms with E-state index in [1.807, 2.05) is 55.6 Å². The van der Waals surface area contributed by atoms with Gasteiger partial charge in [0.15, 0.2) is 5.65 Å². The zero-order valence-electron chi connectivity index (χ0n) is 17.1. The van der Waals surface area contributed by atoms with Gasteiger partial charge in [0.2, 0.25) is 0 Å². The predicted octanol–water partition coefficient (Wildman–Crippen LogP) is 3.35. The molecule has 0 amide bonds. The molecule has 0 radical (unpaired) electrons. The van der Waals surface area contributed by atoms with Gasteiger partial charge in [-0.2, -0.15) is 10.2 Å². The summed E-state index contributed by atoms with van der Waals surface area (Å²) in [5.41, 5.74) is 3.71. The lowest BCUT2D eigenvalue weighted by Gasteiger charge is -2.08. The fourth-order valence-corrected chi connectivity index (χ4v) is 5.26. The molecule has 2 aromatic carbocycles. The monoisotopic (exact) mass is 442 g/mol. The van der Waals surface area contributed by atoms with Crippen molar-refractivity contribution in [1.29, 1.82) is 0 Å². The third-order valence-corrected chi connectivity index (χ3v) is 6.92. The Morgan fingerprint density at radius 2 is 1.94 bits per heavy atom. The van der Waals surface area contributed by atoms with Gasteiger partial charge in [-0.05, 0) is 17.2 Å². The van der Waals surface area contributed by atoms with Crippen LogP contribution in [-0.4, -0.2) is 34.6 Å². The van der Waals surface area contributed by atoms with Gasteiger partial charge in [0.05, 0.1) is 29.2 Å². The first kappa shape index (κ1) is 18.9. The Kier molecular flexibility index (Phi) is 4.20. The van der Waals surface area contributed by atoms with Crippen LogP contribution in [0.2, 0.25) is 0 Å². The Balaban J connectivity index is 1.45. The first-order valence-electron chi connectivity index (χ1n) is 10.1. The van der Waals surface area contributed by atoms with Gasteiger partial charge in [-0.25, -0.2) is 9.67 Å². The van der Waals surface area contributed by atoms with Crippen LogP contribution in [0.4, 0.5) is 0 Å². The molecular formula is C23H18N6O2S. The van der Waals surface area contributed by atoms with Gasteiger partial charge in [0, 0.05) is 17.8 Å². The number of rotatable bonds is 4. The maximum Gasteiger partial charge on any atom is 0.291 e. The van der Waals surface area contributed by atoms with Crippen molar-refractivity contribution in [2.45, 2.75) is 12.6 Å². The molecule has 1 unspecified atom stereocenters. The van der Waals surface area contributed by atoms with Crippen molar-refractivity contribution >= 4 is 43.5 Å². The summed E-state index contributed by atoms with van der Waals surface area (Å²) in [4.78, 5) is 18.0. The van der Waals surface area contributed by atoms with Gasteiger partial charge in [-0.15, -0.1) is 11.3 Å². The minimum absolute atomic E-state index is 0.180. The molecule has 2 N–H and O–H groups in total. The smallest absolute Gasteiger partial charge is 0.291 e. The van der Waals surface area contributed by atoms with Crippen molar-refractivity contribution in [3.8, 4) is 0 Å². The second-order valence-corrected chi connectivity index (χ2v) is 8.73. The van der Waals surface area contributed by atoms with E-state index in [1.165, 1.54) is 16.0 Å². The van der Waals surface area contributed by atoms with Crippen molar-refractivity contribution in [3.05, 3.63) is 87.4 Å². The third-order valence-electron chi connectivity index (χ3n) is 5.79. The number of hydrogen-bond donors (Lipinski definition) is 2. The highest BCUT2D eigenvalue weighted by molar-refractivity contribution is 7.19. The van der Waals surface area contributed by atoms with E-state index in [0.717, 1.165) is 32.1 Å². The van der Waals surface area contributed by atoms with Gasteiger partial charge in [-0.3, -0.25) is 9.89 Å². The van der Waals surface area contributed by atoms with Crippen LogP contribution in [0, 0.1) is 0 Å². The summed E-state index contributed by atoms with van der Waals surface area (Å²) in [6, 6.07) is 15.3. The summed E-state index contributed by atoms with van der Waals surface area (Å²) in [7, 11) is 1.83. The normalized spacial score (nSPS) is 12.8. The average molecular weight is 443 g/mol. The molecule has 0 saturated heterocycles. The van der Waals surface area contributed by atoms with Crippen LogP contribution in [0.3, 0.4) is 0 Å². The SMILES string of the molecule is Cn1c2nc(C(O)c3ccccc3)sc2c2cnn(Cc3cccc4[nH]ncc34)c(=O)c21.